The van der Waals surface area contributed by atoms with Gasteiger partial charge in [0.15, 0.2) is 13.0 Å². The summed E-state index contributed by atoms with van der Waals surface area (Å²) in [6, 6.07) is 0. The molecule has 0 aliphatic carbocycles. The summed E-state index contributed by atoms with van der Waals surface area (Å²) in [4.78, 5) is 10.7. The lowest BCUT2D eigenvalue weighted by Crippen LogP contribution is -2.37. The van der Waals surface area contributed by atoms with E-state index in [9.17, 15) is 9.90 Å². The molecule has 0 saturated carbocycles. The van der Waals surface area contributed by atoms with Gasteiger partial charge in [-0.2, -0.15) is 0 Å². The van der Waals surface area contributed by atoms with Crippen molar-refractivity contribution in [1.29, 1.82) is 0 Å². The van der Waals surface area contributed by atoms with Crippen LogP contribution in [0.15, 0.2) is 4.52 Å². The van der Waals surface area contributed by atoms with Crippen molar-refractivity contribution in [3.8, 4) is 5.95 Å². The zero-order valence-corrected chi connectivity index (χ0v) is 8.65. The zero-order valence-electron chi connectivity index (χ0n) is 8.65. The summed E-state index contributed by atoms with van der Waals surface area (Å²) < 4.78 is 10.2. The van der Waals surface area contributed by atoms with Crippen LogP contribution in [0, 0.1) is 0 Å². The maximum absolute atomic E-state index is 11.0. The fraction of sp³-hybridized carbons (Fsp3) is 0.625. The highest BCUT2D eigenvalue weighted by molar-refractivity contribution is 5.69. The molecule has 0 aromatic carbocycles. The molecule has 7 heteroatoms. The molecular weight excluding hydrogens is 202 g/mol. The Morgan fingerprint density at radius 3 is 3.00 bits per heavy atom. The molecule has 0 unspecified atom stereocenters. The van der Waals surface area contributed by atoms with E-state index in [2.05, 4.69) is 19.8 Å². The monoisotopic (exact) mass is 215 g/mol. The van der Waals surface area contributed by atoms with E-state index < -0.39 is 5.95 Å². The van der Waals surface area contributed by atoms with Crippen LogP contribution in [-0.4, -0.2) is 24.9 Å². The number of hydrogen-bond donors (Lipinski definition) is 1. The Hall–Kier alpha value is -1.63. The minimum atomic E-state index is -0.469. The molecule has 0 amide bonds. The number of nitrogens with zero attached hydrogens (tertiary/aromatic N) is 2. The molecule has 84 valence electrons. The van der Waals surface area contributed by atoms with Crippen LogP contribution < -0.4 is 15.1 Å². The minimum Gasteiger partial charge on any atom is -0.539 e. The third kappa shape index (κ3) is 3.21. The molecule has 0 aliphatic rings. The van der Waals surface area contributed by atoms with Crippen molar-refractivity contribution in [2.45, 2.75) is 13.0 Å². The van der Waals surface area contributed by atoms with Crippen molar-refractivity contribution < 1.29 is 23.8 Å². The summed E-state index contributed by atoms with van der Waals surface area (Å²) in [6.07, 6.45) is 0.264. The van der Waals surface area contributed by atoms with Gasteiger partial charge in [-0.15, -0.1) is 0 Å². The highest BCUT2D eigenvalue weighted by atomic mass is 16.6. The van der Waals surface area contributed by atoms with Crippen LogP contribution in [0.3, 0.4) is 0 Å². The average molecular weight is 215 g/mol. The Morgan fingerprint density at radius 2 is 2.47 bits per heavy atom. The lowest BCUT2D eigenvalue weighted by Gasteiger charge is -2.00. The first kappa shape index (κ1) is 11.4. The summed E-state index contributed by atoms with van der Waals surface area (Å²) in [5.74, 6) is -0.761. The number of esters is 1. The van der Waals surface area contributed by atoms with Crippen LogP contribution in [-0.2, 0) is 23.1 Å². The smallest absolute Gasteiger partial charge is 0.306 e. The van der Waals surface area contributed by atoms with Crippen molar-refractivity contribution in [3.63, 3.8) is 0 Å². The molecule has 0 atom stereocenters. The Labute approximate surface area is 86.6 Å². The molecule has 0 fully saturated rings. The molecule has 1 aromatic heterocycles. The normalized spacial score (nSPS) is 10.3. The molecule has 0 radical (unpaired) electrons. The number of carbonyl (C=O) groups is 1. The van der Waals surface area contributed by atoms with Gasteiger partial charge in [0.1, 0.15) is 0 Å². The van der Waals surface area contributed by atoms with E-state index in [0.717, 1.165) is 0 Å². The number of rotatable bonds is 5. The molecule has 15 heavy (non-hydrogen) atoms. The number of aromatic nitrogens is 2. The van der Waals surface area contributed by atoms with Crippen LogP contribution in [0.25, 0.3) is 0 Å². The third-order valence-electron chi connectivity index (χ3n) is 1.90. The van der Waals surface area contributed by atoms with Crippen molar-refractivity contribution in [2.24, 2.45) is 7.05 Å². The van der Waals surface area contributed by atoms with Crippen molar-refractivity contribution >= 4 is 5.97 Å². The molecule has 7 nitrogen and oxygen atoms in total. The SMILES string of the molecule is COC(=O)CCNCc1c([O-])on[n+]1C. The largest absolute Gasteiger partial charge is 0.539 e. The summed E-state index contributed by atoms with van der Waals surface area (Å²) >= 11 is 0. The fourth-order valence-electron chi connectivity index (χ4n) is 1.02. The van der Waals surface area contributed by atoms with Crippen LogP contribution in [0.1, 0.15) is 12.1 Å². The summed E-state index contributed by atoms with van der Waals surface area (Å²) in [5.41, 5.74) is 0.417. The predicted molar refractivity (Wildman–Crippen MR) is 45.5 cm³/mol. The molecule has 0 saturated heterocycles. The molecule has 0 aliphatic heterocycles. The van der Waals surface area contributed by atoms with E-state index in [1.807, 2.05) is 0 Å². The highest BCUT2D eigenvalue weighted by Gasteiger charge is 2.12. The highest BCUT2D eigenvalue weighted by Crippen LogP contribution is 2.04. The first-order valence-electron chi connectivity index (χ1n) is 4.44. The standard InChI is InChI=1S/C8H13N3O4/c1-11-6(8(13)15-10-11)5-9-4-3-7(12)14-2/h9H,3-5H2,1-2H3. The minimum absolute atomic E-state index is 0.264. The van der Waals surface area contributed by atoms with E-state index in [-0.39, 0.29) is 12.4 Å². The van der Waals surface area contributed by atoms with Gasteiger partial charge < -0.3 is 19.7 Å². The van der Waals surface area contributed by atoms with Gasteiger partial charge >= 0.3 is 5.97 Å². The van der Waals surface area contributed by atoms with Crippen molar-refractivity contribution in [3.05, 3.63) is 5.69 Å². The quantitative estimate of drug-likeness (QED) is 0.355. The number of methoxy groups -OCH3 is 1. The van der Waals surface area contributed by atoms with Gasteiger partial charge in [0.2, 0.25) is 5.69 Å². The maximum atomic E-state index is 11.0. The zero-order chi connectivity index (χ0) is 11.3. The Kier molecular flexibility index (Phi) is 4.04. The second kappa shape index (κ2) is 5.30. The fourth-order valence-corrected chi connectivity index (χ4v) is 1.02. The van der Waals surface area contributed by atoms with E-state index in [4.69, 9.17) is 0 Å². The second-order valence-corrected chi connectivity index (χ2v) is 2.93. The van der Waals surface area contributed by atoms with Crippen molar-refractivity contribution in [1.82, 2.24) is 10.6 Å². The molecule has 1 heterocycles. The van der Waals surface area contributed by atoms with E-state index in [0.29, 0.717) is 18.8 Å². The van der Waals surface area contributed by atoms with Crippen LogP contribution >= 0.6 is 0 Å². The molecule has 0 spiro atoms. The topological polar surface area (TPSA) is 91.3 Å². The number of nitrogens with one attached hydrogen (secondary N) is 1. The number of carbonyl (C=O) groups excluding carboxylic acids is 1. The molecule has 1 rings (SSSR count). The van der Waals surface area contributed by atoms with Gasteiger partial charge in [0.05, 0.1) is 25.3 Å². The molecule has 0 bridgehead atoms. The summed E-state index contributed by atoms with van der Waals surface area (Å²) in [6.45, 7) is 0.757. The Morgan fingerprint density at radius 1 is 1.73 bits per heavy atom. The summed E-state index contributed by atoms with van der Waals surface area (Å²) in [5, 5.41) is 17.4. The van der Waals surface area contributed by atoms with Gasteiger partial charge in [-0.05, 0) is 0 Å². The van der Waals surface area contributed by atoms with Crippen LogP contribution in [0.5, 0.6) is 5.95 Å². The van der Waals surface area contributed by atoms with Gasteiger partial charge in [-0.25, -0.2) is 0 Å². The van der Waals surface area contributed by atoms with E-state index in [1.54, 1.807) is 7.05 Å². The van der Waals surface area contributed by atoms with Gasteiger partial charge in [-0.1, -0.05) is 4.68 Å². The maximum Gasteiger partial charge on any atom is 0.306 e. The first-order valence-corrected chi connectivity index (χ1v) is 4.44. The number of ether oxygens (including phenoxy) is 1. The number of hydrogen-bond acceptors (Lipinski definition) is 6. The van der Waals surface area contributed by atoms with Crippen LogP contribution in [0.4, 0.5) is 0 Å². The Balaban J connectivity index is 2.29. The second-order valence-electron chi connectivity index (χ2n) is 2.93. The van der Waals surface area contributed by atoms with Gasteiger partial charge in [0, 0.05) is 6.54 Å². The van der Waals surface area contributed by atoms with Gasteiger partial charge in [0.25, 0.3) is 0 Å². The van der Waals surface area contributed by atoms with Crippen LogP contribution in [0.2, 0.25) is 0 Å². The first-order chi connectivity index (χ1) is 7.15. The lowest BCUT2D eigenvalue weighted by molar-refractivity contribution is -0.746. The van der Waals surface area contributed by atoms with Crippen molar-refractivity contribution in [2.75, 3.05) is 13.7 Å². The Bertz CT molecular complexity index is 317. The van der Waals surface area contributed by atoms with E-state index in [1.165, 1.54) is 11.8 Å². The molecule has 1 N–H and O–H groups in total. The molecular formula is C8H13N3O4. The number of aryl methyl sites for hydroxylation is 1. The lowest BCUT2D eigenvalue weighted by atomic mass is 10.4. The third-order valence-corrected chi connectivity index (χ3v) is 1.90. The van der Waals surface area contributed by atoms with Gasteiger partial charge in [-0.3, -0.25) is 4.79 Å². The average Bonchev–Trinajstić information content (AvgIpc) is 2.54. The summed E-state index contributed by atoms with van der Waals surface area (Å²) in [7, 11) is 2.94. The van der Waals surface area contributed by atoms with E-state index >= 15 is 0 Å². The molecule has 1 aromatic rings. The predicted octanol–water partition coefficient (Wildman–Crippen LogP) is -1.77.